The minimum atomic E-state index is -3.14. The molecule has 2 aromatic carbocycles. The number of amides is 4. The van der Waals surface area contributed by atoms with Crippen LogP contribution in [0.15, 0.2) is 54.2 Å². The van der Waals surface area contributed by atoms with Gasteiger partial charge in [-0.2, -0.15) is 8.78 Å². The van der Waals surface area contributed by atoms with E-state index in [9.17, 15) is 28.0 Å². The first-order chi connectivity index (χ1) is 27.0. The van der Waals surface area contributed by atoms with Crippen LogP contribution < -0.4 is 30.6 Å². The summed E-state index contributed by atoms with van der Waals surface area (Å²) in [6, 6.07) is 9.62. The third kappa shape index (κ3) is 9.75. The summed E-state index contributed by atoms with van der Waals surface area (Å²) in [5, 5.41) is 7.74. The number of thiophene rings is 1. The molecule has 1 saturated heterocycles. The number of imide groups is 1. The number of nitrogens with two attached hydrogens (primary N) is 1. The average molecular weight is 831 g/mol. The summed E-state index contributed by atoms with van der Waals surface area (Å²) in [5.74, 6) is -1.45. The summed E-state index contributed by atoms with van der Waals surface area (Å²) in [7, 11) is 0. The van der Waals surface area contributed by atoms with Crippen molar-refractivity contribution in [3.05, 3.63) is 91.3 Å². The number of halogens is 4. The molecule has 4 aromatic rings. The van der Waals surface area contributed by atoms with Gasteiger partial charge < -0.3 is 30.2 Å². The minimum Gasteiger partial charge on any atom is -0.489 e. The van der Waals surface area contributed by atoms with E-state index in [1.54, 1.807) is 10.3 Å². The van der Waals surface area contributed by atoms with E-state index < -0.39 is 24.5 Å². The Morgan fingerprint density at radius 1 is 1.00 bits per heavy atom. The van der Waals surface area contributed by atoms with E-state index >= 15 is 0 Å². The number of nitrogens with zero attached hydrogens (tertiary/aromatic N) is 2. The van der Waals surface area contributed by atoms with Gasteiger partial charge in [0.05, 0.1) is 27.8 Å². The molecule has 2 aliphatic heterocycles. The molecule has 296 valence electrons. The van der Waals surface area contributed by atoms with Gasteiger partial charge in [0, 0.05) is 58.9 Å². The monoisotopic (exact) mass is 829 g/mol. The van der Waals surface area contributed by atoms with Crippen molar-refractivity contribution in [2.45, 2.75) is 77.3 Å². The average Bonchev–Trinajstić information content (AvgIpc) is 3.71. The summed E-state index contributed by atoms with van der Waals surface area (Å²) in [6.45, 7) is -0.862. The molecule has 4 N–H and O–H groups in total. The van der Waals surface area contributed by atoms with Crippen LogP contribution in [0.1, 0.15) is 81.7 Å². The maximum atomic E-state index is 13.3. The Morgan fingerprint density at radius 3 is 2.45 bits per heavy atom. The number of pyridine rings is 1. The molecular weight excluding hydrogens is 791 g/mol. The van der Waals surface area contributed by atoms with Gasteiger partial charge in [-0.1, -0.05) is 54.6 Å². The summed E-state index contributed by atoms with van der Waals surface area (Å²) in [6.07, 6.45) is 7.42. The number of nitrogens with one attached hydrogen (secondary N) is 2. The van der Waals surface area contributed by atoms with Gasteiger partial charge in [0.15, 0.2) is 11.5 Å². The Morgan fingerprint density at radius 2 is 1.73 bits per heavy atom. The van der Waals surface area contributed by atoms with Crippen LogP contribution in [-0.2, 0) is 29.3 Å². The molecule has 1 fully saturated rings. The van der Waals surface area contributed by atoms with Gasteiger partial charge in [-0.15, -0.1) is 11.3 Å². The Labute approximate surface area is 335 Å². The highest BCUT2D eigenvalue weighted by Gasteiger charge is 2.40. The van der Waals surface area contributed by atoms with Crippen molar-refractivity contribution >= 4 is 58.2 Å². The van der Waals surface area contributed by atoms with E-state index in [0.29, 0.717) is 43.9 Å². The number of ether oxygens (including phenoxy) is 3. The number of aromatic nitrogens is 1. The topological polar surface area (TPSA) is 162 Å². The molecule has 56 heavy (non-hydrogen) atoms. The van der Waals surface area contributed by atoms with Crippen molar-refractivity contribution in [3.63, 3.8) is 0 Å². The number of piperidine rings is 1. The van der Waals surface area contributed by atoms with Crippen LogP contribution in [0.25, 0.3) is 11.1 Å². The smallest absolute Gasteiger partial charge is 0.387 e. The molecule has 1 unspecified atom stereocenters. The molecular formula is C39H39Cl2F2N5O7S. The van der Waals surface area contributed by atoms with Crippen LogP contribution in [0.4, 0.5) is 8.78 Å². The lowest BCUT2D eigenvalue weighted by molar-refractivity contribution is -0.136. The lowest BCUT2D eigenvalue weighted by atomic mass is 9.98. The van der Waals surface area contributed by atoms with Gasteiger partial charge in [0.2, 0.25) is 17.7 Å². The summed E-state index contributed by atoms with van der Waals surface area (Å²) in [5.41, 5.74) is 8.37. The quantitative estimate of drug-likeness (QED) is 0.0652. The molecule has 1 atom stereocenters. The highest BCUT2D eigenvalue weighted by molar-refractivity contribution is 7.10. The number of benzene rings is 2. The molecule has 4 amide bonds. The van der Waals surface area contributed by atoms with E-state index in [0.717, 1.165) is 48.2 Å². The van der Waals surface area contributed by atoms with Gasteiger partial charge in [-0.25, -0.2) is 0 Å². The number of hydrogen-bond acceptors (Lipinski definition) is 10. The lowest BCUT2D eigenvalue weighted by Crippen LogP contribution is -2.52. The molecule has 17 heteroatoms. The van der Waals surface area contributed by atoms with Gasteiger partial charge in [0.25, 0.3) is 5.91 Å². The number of carbonyl (C=O) groups is 4. The molecule has 4 heterocycles. The summed E-state index contributed by atoms with van der Waals surface area (Å²) < 4.78 is 43.3. The second kappa shape index (κ2) is 18.9. The highest BCUT2D eigenvalue weighted by Crippen LogP contribution is 2.46. The Balaban J connectivity index is 0.901. The number of rotatable bonds is 19. The zero-order valence-corrected chi connectivity index (χ0v) is 32.4. The van der Waals surface area contributed by atoms with Crippen molar-refractivity contribution in [1.82, 2.24) is 20.5 Å². The first-order valence-electron chi connectivity index (χ1n) is 18.0. The minimum absolute atomic E-state index is 0.0206. The second-order valence-corrected chi connectivity index (χ2v) is 15.0. The first kappa shape index (κ1) is 40.8. The number of unbranched alkanes of at least 4 members (excludes halogenated alkanes) is 4. The maximum absolute atomic E-state index is 13.3. The Kier molecular flexibility index (Phi) is 13.8. The van der Waals surface area contributed by atoms with Gasteiger partial charge in [-0.05, 0) is 55.6 Å². The number of primary amides is 1. The zero-order valence-electron chi connectivity index (χ0n) is 30.1. The third-order valence-electron chi connectivity index (χ3n) is 9.46. The second-order valence-electron chi connectivity index (χ2n) is 13.2. The van der Waals surface area contributed by atoms with E-state index in [1.165, 1.54) is 35.9 Å². The van der Waals surface area contributed by atoms with Gasteiger partial charge in [0.1, 0.15) is 18.4 Å². The van der Waals surface area contributed by atoms with E-state index in [1.807, 2.05) is 24.3 Å². The molecule has 0 spiro atoms. The predicted octanol–water partition coefficient (Wildman–Crippen LogP) is 7.28. The molecule has 0 saturated carbocycles. The first-order valence-corrected chi connectivity index (χ1v) is 19.7. The Hall–Kier alpha value is -4.83. The van der Waals surface area contributed by atoms with Crippen LogP contribution in [-0.4, -0.2) is 59.3 Å². The normalized spacial score (nSPS) is 15.3. The molecule has 2 aromatic heterocycles. The number of fused-ring (bicyclic) bond motifs is 1. The van der Waals surface area contributed by atoms with Gasteiger partial charge in [-0.3, -0.25) is 29.5 Å². The molecule has 12 nitrogen and oxygen atoms in total. The maximum Gasteiger partial charge on any atom is 0.387 e. The fraction of sp³-hybridized carbons (Fsp3) is 0.359. The SMILES string of the molecule is NC(=O)c1ccc(OC(F)F)c(OCCCCCCCNCc2ccc(OCc3scc4c3CN(C3CCC(=O)NC3=O)C4=O)cc2)c1-c1c(Cl)cncc1Cl. The van der Waals surface area contributed by atoms with Crippen molar-refractivity contribution in [2.75, 3.05) is 13.2 Å². The van der Waals surface area contributed by atoms with Crippen LogP contribution in [0.3, 0.4) is 0 Å². The predicted molar refractivity (Wildman–Crippen MR) is 206 cm³/mol. The van der Waals surface area contributed by atoms with E-state index in [4.69, 9.17) is 43.1 Å². The summed E-state index contributed by atoms with van der Waals surface area (Å²) in [4.78, 5) is 55.6. The number of hydrogen-bond donors (Lipinski definition) is 3. The van der Waals surface area contributed by atoms with Crippen molar-refractivity contribution in [2.24, 2.45) is 5.73 Å². The molecule has 0 bridgehead atoms. The molecule has 0 aliphatic carbocycles. The van der Waals surface area contributed by atoms with Crippen molar-refractivity contribution in [1.29, 1.82) is 0 Å². The fourth-order valence-corrected chi connectivity index (χ4v) is 8.17. The zero-order chi connectivity index (χ0) is 39.8. The van der Waals surface area contributed by atoms with Crippen molar-refractivity contribution < 1.29 is 42.2 Å². The van der Waals surface area contributed by atoms with Crippen LogP contribution >= 0.6 is 34.5 Å². The van der Waals surface area contributed by atoms with E-state index in [-0.39, 0.29) is 63.1 Å². The largest absolute Gasteiger partial charge is 0.489 e. The highest BCUT2D eigenvalue weighted by atomic mass is 35.5. The van der Waals surface area contributed by atoms with Gasteiger partial charge >= 0.3 is 6.61 Å². The third-order valence-corrected chi connectivity index (χ3v) is 11.0. The lowest BCUT2D eigenvalue weighted by Gasteiger charge is -2.29. The van der Waals surface area contributed by atoms with Crippen LogP contribution in [0.2, 0.25) is 10.0 Å². The van der Waals surface area contributed by atoms with E-state index in [2.05, 4.69) is 15.6 Å². The fourth-order valence-electron chi connectivity index (χ4n) is 6.67. The number of carbonyl (C=O) groups excluding carboxylic acids is 4. The Bertz CT molecular complexity index is 2060. The van der Waals surface area contributed by atoms with Crippen LogP contribution in [0, 0.1) is 0 Å². The molecule has 0 radical (unpaired) electrons. The molecule has 6 rings (SSSR count). The molecule has 2 aliphatic rings. The summed E-state index contributed by atoms with van der Waals surface area (Å²) >= 11 is 14.2. The standard InChI is InChI=1S/C39H39Cl2F2N5O7S/c40-27-17-46-18-28(41)34(27)33-24(36(44)50)10-12-30(55-39(42)43)35(33)53-15-5-3-1-2-4-14-45-16-22-6-8-23(9-7-22)54-20-31-25-19-48(38(52)26(25)21-56-31)29-11-13-32(49)47-37(29)51/h6-10,12,17-18,21,29,39,45H,1-5,11,13-16,19-20H2,(H2,44,50)(H,47,49,51). The number of alkyl halides is 2. The van der Waals surface area contributed by atoms with Crippen molar-refractivity contribution in [3.8, 4) is 28.4 Å². The van der Waals surface area contributed by atoms with Crippen LogP contribution in [0.5, 0.6) is 17.2 Å².